The minimum atomic E-state index is -2.17. The molecule has 3 aromatic carbocycles. The van der Waals surface area contributed by atoms with E-state index in [-0.39, 0.29) is 56.2 Å². The molecule has 4 heterocycles. The first-order chi connectivity index (χ1) is 38.8. The summed E-state index contributed by atoms with van der Waals surface area (Å²) in [6, 6.07) is 28.2. The molecule has 3 saturated heterocycles. The number of amides is 1. The average molecular weight is 1160 g/mol. The quantitative estimate of drug-likeness (QED) is 0.0436. The number of aliphatic hydroxyl groups excluding tert-OH is 3. The molecular weight excluding hydrogens is 1060 g/mol. The van der Waals surface area contributed by atoms with Gasteiger partial charge >= 0.3 is 195 Å². The molecule has 1 amide bonds. The van der Waals surface area contributed by atoms with E-state index in [1.807, 2.05) is 46.7 Å². The second-order valence-electron chi connectivity index (χ2n) is 26.4. The summed E-state index contributed by atoms with van der Waals surface area (Å²) in [6.07, 6.45) is 3.21. The molecular formula is C67H105N2O12P. The van der Waals surface area contributed by atoms with Crippen molar-refractivity contribution >= 4 is 35.1 Å². The van der Waals surface area contributed by atoms with Gasteiger partial charge in [-0.3, -0.25) is 9.59 Å². The summed E-state index contributed by atoms with van der Waals surface area (Å²) in [5, 5.41) is 65.5. The maximum absolute atomic E-state index is 14.8. The van der Waals surface area contributed by atoms with E-state index in [0.717, 1.165) is 25.7 Å². The van der Waals surface area contributed by atoms with Crippen molar-refractivity contribution in [3.05, 3.63) is 78.9 Å². The van der Waals surface area contributed by atoms with Gasteiger partial charge in [-0.25, -0.2) is 0 Å². The number of benzene rings is 3. The van der Waals surface area contributed by atoms with Gasteiger partial charge in [-0.15, -0.1) is 0 Å². The van der Waals surface area contributed by atoms with Gasteiger partial charge in [0.1, 0.15) is 30.0 Å². The Morgan fingerprint density at radius 1 is 0.756 bits per heavy atom. The summed E-state index contributed by atoms with van der Waals surface area (Å²) >= 11 is 0. The van der Waals surface area contributed by atoms with E-state index in [0.29, 0.717) is 12.8 Å². The minimum Gasteiger partial charge on any atom is -0.388 e. The monoisotopic (exact) mass is 1160 g/mol. The zero-order valence-corrected chi connectivity index (χ0v) is 53.0. The molecule has 7 rings (SSSR count). The van der Waals surface area contributed by atoms with E-state index >= 15 is 0 Å². The van der Waals surface area contributed by atoms with Crippen molar-refractivity contribution in [2.45, 2.75) is 243 Å². The fourth-order valence-corrected chi connectivity index (χ4v) is 20.6. The molecule has 460 valence electrons. The third-order valence-electron chi connectivity index (χ3n) is 19.9. The maximum Gasteiger partial charge on any atom is 0.126 e. The molecule has 18 atom stereocenters. The number of aliphatic hydroxyl groups is 5. The van der Waals surface area contributed by atoms with Crippen LogP contribution in [-0.4, -0.2) is 165 Å². The van der Waals surface area contributed by atoms with Gasteiger partial charge in [0.2, 0.25) is 0 Å². The molecule has 4 aliphatic heterocycles. The Balaban J connectivity index is 1.03. The number of cyclic esters (lactones) is 1. The number of ether oxygens (including phenoxy) is 5. The van der Waals surface area contributed by atoms with Gasteiger partial charge < -0.3 is 59.0 Å². The van der Waals surface area contributed by atoms with Crippen LogP contribution in [0.1, 0.15) is 159 Å². The molecule has 0 spiro atoms. The predicted octanol–water partition coefficient (Wildman–Crippen LogP) is 8.68. The molecule has 0 bridgehead atoms. The first kappa shape index (κ1) is 66.2. The van der Waals surface area contributed by atoms with Gasteiger partial charge in [-0.1, -0.05) is 27.7 Å². The average Bonchev–Trinajstić information content (AvgIpc) is 3.39. The Kier molecular flexibility index (Phi) is 22.9. The predicted molar refractivity (Wildman–Crippen MR) is 328 cm³/mol. The largest absolute Gasteiger partial charge is 0.388 e. The van der Waals surface area contributed by atoms with Crippen molar-refractivity contribution in [3.63, 3.8) is 0 Å². The molecule has 0 saturated carbocycles. The van der Waals surface area contributed by atoms with Crippen LogP contribution in [0.5, 0.6) is 0 Å². The summed E-state index contributed by atoms with van der Waals surface area (Å²) in [7, 11) is 3.15. The second-order valence-corrected chi connectivity index (χ2v) is 30.4. The third-order valence-corrected chi connectivity index (χ3v) is 25.0. The van der Waals surface area contributed by atoms with Crippen LogP contribution in [0.3, 0.4) is 0 Å². The van der Waals surface area contributed by atoms with Crippen LogP contribution in [0.2, 0.25) is 0 Å². The zero-order valence-electron chi connectivity index (χ0n) is 52.0. The van der Waals surface area contributed by atoms with Crippen molar-refractivity contribution in [3.8, 4) is 11.1 Å². The molecule has 1 unspecified atom stereocenters. The molecule has 3 aromatic rings. The summed E-state index contributed by atoms with van der Waals surface area (Å²) in [4.78, 5) is 33.0. The van der Waals surface area contributed by atoms with E-state index in [9.17, 15) is 35.1 Å². The molecule has 0 radical (unpaired) electrons. The number of nitrogens with zero attached hydrogens (tertiary/aromatic N) is 2. The van der Waals surface area contributed by atoms with Crippen molar-refractivity contribution in [1.82, 2.24) is 9.80 Å². The zero-order chi connectivity index (χ0) is 59.9. The summed E-state index contributed by atoms with van der Waals surface area (Å²) < 4.78 is 32.2. The SMILES string of the molecule is CC[C@H]1OC(=O)[C@H](C)[C@@H](C2C[C@@](C)(OC)[C@@H](O)[C@H](C)O2)[C@H](C)[C@@H](O[C@@H]2O[C@H](C)C[C@H](N(C)C)[C@H]2O)[C@](C)(O)C[C@@H](C)CN(C(=O)CCCCCCCCCCC[PH]2(c3ccccc3)c3ccccc3-c3ccccc32)[C@H](C)[C@@H](O)[C@]1(C)O. The van der Waals surface area contributed by atoms with Gasteiger partial charge in [0, 0.05) is 32.0 Å². The third kappa shape index (κ3) is 14.4. The van der Waals surface area contributed by atoms with E-state index < -0.39 is 103 Å². The number of fused-ring (bicyclic) bond motifs is 3. The molecule has 14 nitrogen and oxygen atoms in total. The van der Waals surface area contributed by atoms with Crippen LogP contribution in [-0.2, 0) is 33.3 Å². The van der Waals surface area contributed by atoms with E-state index in [1.165, 1.54) is 62.3 Å². The number of unbranched alkanes of at least 4 members (excludes halogenated alkanes) is 8. The Labute approximate surface area is 492 Å². The number of hydrogen-bond acceptors (Lipinski definition) is 13. The van der Waals surface area contributed by atoms with Crippen LogP contribution in [0, 0.1) is 23.7 Å². The fraction of sp³-hybridized carbons (Fsp3) is 0.701. The normalized spacial score (nSPS) is 36.8. The van der Waals surface area contributed by atoms with Gasteiger partial charge in [0.15, 0.2) is 6.29 Å². The number of carbonyl (C=O) groups is 2. The number of esters is 1. The summed E-state index contributed by atoms with van der Waals surface area (Å²) in [6.45, 7) is 17.9. The van der Waals surface area contributed by atoms with Gasteiger partial charge in [-0.05, 0) is 86.7 Å². The van der Waals surface area contributed by atoms with E-state index in [1.54, 1.807) is 50.1 Å². The molecule has 5 N–H and O–H groups in total. The smallest absolute Gasteiger partial charge is 0.126 e. The van der Waals surface area contributed by atoms with Gasteiger partial charge in [0.25, 0.3) is 0 Å². The Hall–Kier alpha value is -3.37. The number of methoxy groups -OCH3 is 1. The number of hydrogen-bond donors (Lipinski definition) is 5. The first-order valence-electron chi connectivity index (χ1n) is 31.3. The van der Waals surface area contributed by atoms with Gasteiger partial charge in [-0.2, -0.15) is 0 Å². The van der Waals surface area contributed by atoms with Crippen LogP contribution >= 0.6 is 7.26 Å². The summed E-state index contributed by atoms with van der Waals surface area (Å²) in [5.74, 6) is -3.61. The summed E-state index contributed by atoms with van der Waals surface area (Å²) in [5.41, 5.74) is -1.91. The number of likely N-dealkylation sites (N-methyl/N-ethyl adjacent to an activating group) is 1. The van der Waals surface area contributed by atoms with Crippen LogP contribution < -0.4 is 15.9 Å². The molecule has 0 aliphatic carbocycles. The molecule has 3 fully saturated rings. The Bertz CT molecular complexity index is 2470. The topological polar surface area (TPSA) is 188 Å². The first-order valence-corrected chi connectivity index (χ1v) is 33.5. The number of rotatable bonds is 19. The maximum atomic E-state index is 14.8. The van der Waals surface area contributed by atoms with Crippen LogP contribution in [0.4, 0.5) is 0 Å². The van der Waals surface area contributed by atoms with E-state index in [2.05, 4.69) is 78.9 Å². The standard InChI is InChI=1S/C67H105N2O12P/c1-14-56-67(10,76)60(72)47(6)69(57(70)37-25-20-18-16-15-17-19-21-30-38-82(49-31-23-22-24-32-49)54-35-28-26-33-50(54)51-34-27-29-36-55(51)82)42-43(2)40-65(8,75)62(81-64-59(71)52(68(11)12)39-44(3)78-64)45(4)58(46(5)63(74)80-56)53-41-66(9,77-13)61(73)48(7)79-53/h22-24,26-29,31-36,43-48,52-53,56,58-62,64,71-73,75-76,82H,14-21,25,30,37-42H2,1-13H3/t43-,44-,45+,46-,47-,48+,52+,53?,56-,58+,59-,60-,61+,62-,64+,65-,66-,67-/m1/s1. The Morgan fingerprint density at radius 3 is 1.89 bits per heavy atom. The van der Waals surface area contributed by atoms with Crippen LogP contribution in [0.25, 0.3) is 11.1 Å². The van der Waals surface area contributed by atoms with E-state index in [4.69, 9.17) is 23.7 Å². The van der Waals surface area contributed by atoms with Gasteiger partial charge in [0.05, 0.1) is 47.6 Å². The van der Waals surface area contributed by atoms with Crippen molar-refractivity contribution < 1.29 is 58.8 Å². The second kappa shape index (κ2) is 28.4. The molecule has 0 aromatic heterocycles. The van der Waals surface area contributed by atoms with Crippen LogP contribution in [0.15, 0.2) is 78.9 Å². The fourth-order valence-electron chi connectivity index (χ4n) is 15.2. The Morgan fingerprint density at radius 2 is 1.32 bits per heavy atom. The molecule has 4 aliphatic rings. The minimum absolute atomic E-state index is 0.109. The van der Waals surface area contributed by atoms with Crippen molar-refractivity contribution in [1.29, 1.82) is 0 Å². The van der Waals surface area contributed by atoms with Crippen molar-refractivity contribution in [2.24, 2.45) is 23.7 Å². The number of carbonyl (C=O) groups excluding carboxylic acids is 2. The molecule has 15 heteroatoms. The molecule has 82 heavy (non-hydrogen) atoms. The van der Waals surface area contributed by atoms with Crippen molar-refractivity contribution in [2.75, 3.05) is 33.9 Å².